The first-order valence-corrected chi connectivity index (χ1v) is 27.2. The van der Waals surface area contributed by atoms with Crippen LogP contribution in [0.25, 0.3) is 0 Å². The monoisotopic (exact) mass is 1090 g/mol. The maximum absolute atomic E-state index is 14.4. The molecular weight excluding hydrogens is 1000 g/mol. The first-order valence-electron chi connectivity index (χ1n) is 27.2. The second-order valence-electron chi connectivity index (χ2n) is 22.8. The number of para-hydroxylation sites is 1. The van der Waals surface area contributed by atoms with Gasteiger partial charge < -0.3 is 53.4 Å². The number of rotatable bonds is 13. The quantitative estimate of drug-likeness (QED) is 0.128. The smallest absolute Gasteiger partial charge is 0.251 e. The molecule has 5 rings (SSSR count). The van der Waals surface area contributed by atoms with Crippen LogP contribution in [0.5, 0.6) is 0 Å². The number of nitrogens with zero attached hydrogens (tertiary/aromatic N) is 2. The molecule has 22 heteroatoms. The van der Waals surface area contributed by atoms with Crippen LogP contribution in [0.3, 0.4) is 0 Å². The SMILES string of the molecule is CC(=O)N[C@H](C(=O)N[C@H]1CCCNC(O)C2(C)CC(=NN2c2ccccc2)c2ccc(cc2)C(=O)NCCC[C@@H](C(=O)N[C@@H](CC(C)C)C(N)=O)NC(=O)[C@H](C(C)C)NC(=O)C(C)(C)NC(=O)[C@H](CC(C)C)NC1=O)C(C)C. The van der Waals surface area contributed by atoms with Crippen molar-refractivity contribution in [2.24, 2.45) is 34.5 Å². The van der Waals surface area contributed by atoms with E-state index in [1.807, 2.05) is 65.0 Å². The summed E-state index contributed by atoms with van der Waals surface area (Å²) in [7, 11) is 0. The van der Waals surface area contributed by atoms with Crippen LogP contribution in [0.2, 0.25) is 0 Å². The summed E-state index contributed by atoms with van der Waals surface area (Å²) in [5, 5.41) is 43.9. The van der Waals surface area contributed by atoms with Crippen molar-refractivity contribution in [1.82, 2.24) is 47.9 Å². The fraction of sp³-hybridized carbons (Fsp3) is 0.607. The third-order valence-electron chi connectivity index (χ3n) is 13.8. The predicted molar refractivity (Wildman–Crippen MR) is 297 cm³/mol. The molecule has 2 aromatic carbocycles. The average Bonchev–Trinajstić information content (AvgIpc) is 3.81. The lowest BCUT2D eigenvalue weighted by atomic mass is 9.90. The summed E-state index contributed by atoms with van der Waals surface area (Å²) in [6.07, 6.45) is -0.124. The fourth-order valence-corrected chi connectivity index (χ4v) is 9.26. The summed E-state index contributed by atoms with van der Waals surface area (Å²) in [6, 6.07) is 9.17. The van der Waals surface area contributed by atoms with Crippen LogP contribution in [0.1, 0.15) is 144 Å². The van der Waals surface area contributed by atoms with Crippen molar-refractivity contribution in [3.05, 3.63) is 65.7 Å². The highest BCUT2D eigenvalue weighted by Gasteiger charge is 2.46. The third-order valence-corrected chi connectivity index (χ3v) is 13.8. The molecule has 78 heavy (non-hydrogen) atoms. The Balaban J connectivity index is 1.76. The van der Waals surface area contributed by atoms with Crippen LogP contribution in [0.4, 0.5) is 5.69 Å². The van der Waals surface area contributed by atoms with Gasteiger partial charge in [-0.3, -0.25) is 53.5 Å². The van der Waals surface area contributed by atoms with Crippen LogP contribution in [-0.4, -0.2) is 131 Å². The van der Waals surface area contributed by atoms with Gasteiger partial charge in [-0.15, -0.1) is 0 Å². The molecule has 0 aliphatic carbocycles. The summed E-state index contributed by atoms with van der Waals surface area (Å²) < 4.78 is 0. The lowest BCUT2D eigenvalue weighted by molar-refractivity contribution is -0.138. The van der Waals surface area contributed by atoms with Gasteiger partial charge in [-0.05, 0) is 119 Å². The maximum Gasteiger partial charge on any atom is 0.251 e. The van der Waals surface area contributed by atoms with Crippen molar-refractivity contribution in [3.63, 3.8) is 0 Å². The van der Waals surface area contributed by atoms with Crippen LogP contribution in [0, 0.1) is 23.7 Å². The van der Waals surface area contributed by atoms with E-state index in [1.54, 1.807) is 57.0 Å². The molecule has 9 amide bonds. The molecule has 430 valence electrons. The number of primary amides is 1. The molecule has 4 bridgehead atoms. The fourth-order valence-electron chi connectivity index (χ4n) is 9.26. The Bertz CT molecular complexity index is 2470. The summed E-state index contributed by atoms with van der Waals surface area (Å²) >= 11 is 0. The van der Waals surface area contributed by atoms with Crippen molar-refractivity contribution in [2.75, 3.05) is 18.1 Å². The number of fused-ring (bicyclic) bond motifs is 24. The van der Waals surface area contributed by atoms with E-state index in [-0.39, 0.29) is 75.8 Å². The summed E-state index contributed by atoms with van der Waals surface area (Å²) in [4.78, 5) is 123. The number of nitrogens with one attached hydrogen (secondary N) is 9. The second kappa shape index (κ2) is 28.6. The van der Waals surface area contributed by atoms with Crippen LogP contribution >= 0.6 is 0 Å². The van der Waals surface area contributed by atoms with Crippen LogP contribution in [-0.2, 0) is 38.4 Å². The molecule has 12 N–H and O–H groups in total. The highest BCUT2D eigenvalue weighted by molar-refractivity contribution is 6.05. The maximum atomic E-state index is 14.4. The predicted octanol–water partition coefficient (Wildman–Crippen LogP) is 1.98. The van der Waals surface area contributed by atoms with Crippen molar-refractivity contribution in [3.8, 4) is 0 Å². The van der Waals surface area contributed by atoms with Crippen LogP contribution < -0.4 is 58.6 Å². The van der Waals surface area contributed by atoms with Crippen molar-refractivity contribution in [1.29, 1.82) is 0 Å². The number of hydrogen-bond donors (Lipinski definition) is 11. The molecule has 22 nitrogen and oxygen atoms in total. The molecule has 0 saturated carbocycles. The normalized spacial score (nSPS) is 24.2. The van der Waals surface area contributed by atoms with E-state index in [4.69, 9.17) is 10.8 Å². The molecule has 2 aromatic rings. The van der Waals surface area contributed by atoms with E-state index in [1.165, 1.54) is 20.8 Å². The minimum Gasteiger partial charge on any atom is -0.376 e. The van der Waals surface area contributed by atoms with Gasteiger partial charge in [-0.25, -0.2) is 0 Å². The molecule has 0 fully saturated rings. The number of hydrazone groups is 1. The third kappa shape index (κ3) is 18.1. The number of carbonyl (C=O) groups excluding carboxylic acids is 9. The second-order valence-corrected chi connectivity index (χ2v) is 22.8. The van der Waals surface area contributed by atoms with Crippen molar-refractivity contribution in [2.45, 2.75) is 182 Å². The summed E-state index contributed by atoms with van der Waals surface area (Å²) in [5.74, 6) is -6.96. The van der Waals surface area contributed by atoms with Gasteiger partial charge in [0, 0.05) is 25.5 Å². The average molecular weight is 1090 g/mol. The van der Waals surface area contributed by atoms with Gasteiger partial charge in [0.25, 0.3) is 5.91 Å². The molecule has 0 saturated heterocycles. The Hall–Kier alpha value is -6.94. The summed E-state index contributed by atoms with van der Waals surface area (Å²) in [6.45, 7) is 20.5. The Labute approximate surface area is 459 Å². The number of benzene rings is 2. The largest absolute Gasteiger partial charge is 0.376 e. The molecule has 3 heterocycles. The van der Waals surface area contributed by atoms with E-state index >= 15 is 0 Å². The van der Waals surface area contributed by atoms with E-state index < -0.39 is 113 Å². The van der Waals surface area contributed by atoms with E-state index in [0.717, 1.165) is 0 Å². The Kier molecular flexibility index (Phi) is 23.3. The highest BCUT2D eigenvalue weighted by Crippen LogP contribution is 2.36. The number of aliphatic hydroxyl groups is 1. The van der Waals surface area contributed by atoms with Gasteiger partial charge in [0.1, 0.15) is 53.6 Å². The summed E-state index contributed by atoms with van der Waals surface area (Å²) in [5.41, 5.74) is 5.31. The van der Waals surface area contributed by atoms with Gasteiger partial charge in [0.2, 0.25) is 47.3 Å². The first-order chi connectivity index (χ1) is 36.5. The van der Waals surface area contributed by atoms with Gasteiger partial charge in [-0.1, -0.05) is 85.7 Å². The minimum absolute atomic E-state index is 0.00257. The molecule has 0 spiro atoms. The zero-order valence-corrected chi connectivity index (χ0v) is 47.5. The van der Waals surface area contributed by atoms with Crippen LogP contribution in [0.15, 0.2) is 59.7 Å². The number of hydrogen-bond acceptors (Lipinski definition) is 13. The first kappa shape index (κ1) is 63.6. The standard InChI is InChI=1S/C56H86N12O10/c1-31(2)28-41(46(57)70)63-48(72)39-20-16-26-58-47(71)37-24-22-36(23-25-37)43-30-56(12,68(67-43)38-18-14-13-15-19-38)54(78)59-27-17-21-40(61-51(75)44(33(5)6)60-35(9)69)49(73)64-42(29-32(3)4)50(74)66-55(10,11)53(77)65-45(34(7)8)52(76)62-39/h13-15,18-19,22-25,31-34,39-42,44-45,54,59,78H,16-17,20-21,26-30H2,1-12H3,(H2,57,70)(H,58,71)(H,60,69)(H,61,75)(H,62,76)(H,63,72)(H,64,73)(H,65,77)(H,66,74)/t39-,40-,41-,42-,44-,45-,54?,56?/m0/s1. The number of carbonyl (C=O) groups is 9. The van der Waals surface area contributed by atoms with E-state index in [9.17, 15) is 48.3 Å². The Morgan fingerprint density at radius 3 is 1.99 bits per heavy atom. The molecule has 2 unspecified atom stereocenters. The number of aliphatic hydroxyl groups excluding tert-OH is 1. The molecule has 0 aromatic heterocycles. The molecule has 3 aliphatic heterocycles. The van der Waals surface area contributed by atoms with Gasteiger partial charge in [-0.2, -0.15) is 5.10 Å². The Morgan fingerprint density at radius 1 is 0.782 bits per heavy atom. The lowest BCUT2D eigenvalue weighted by Gasteiger charge is -2.38. The Morgan fingerprint density at radius 2 is 1.41 bits per heavy atom. The van der Waals surface area contributed by atoms with Crippen molar-refractivity contribution >= 4 is 64.6 Å². The zero-order chi connectivity index (χ0) is 58.2. The molecule has 0 radical (unpaired) electrons. The van der Waals surface area contributed by atoms with E-state index in [0.29, 0.717) is 22.5 Å². The minimum atomic E-state index is -1.69. The van der Waals surface area contributed by atoms with E-state index in [2.05, 4.69) is 47.9 Å². The lowest BCUT2D eigenvalue weighted by Crippen LogP contribution is -2.64. The number of nitrogens with two attached hydrogens (primary N) is 1. The zero-order valence-electron chi connectivity index (χ0n) is 47.5. The topological polar surface area (TPSA) is 324 Å². The molecule has 3 aliphatic rings. The number of amides is 9. The van der Waals surface area contributed by atoms with Gasteiger partial charge in [0.05, 0.1) is 11.4 Å². The molecule has 8 atom stereocenters. The highest BCUT2D eigenvalue weighted by atomic mass is 16.3. The van der Waals surface area contributed by atoms with Gasteiger partial charge >= 0.3 is 0 Å². The van der Waals surface area contributed by atoms with Crippen molar-refractivity contribution < 1.29 is 48.3 Å². The number of anilines is 1. The van der Waals surface area contributed by atoms with Gasteiger partial charge in [0.15, 0.2) is 0 Å². The molecular formula is C56H86N12O10.